The third kappa shape index (κ3) is 37.8. The summed E-state index contributed by atoms with van der Waals surface area (Å²) < 4.78 is 0. The van der Waals surface area contributed by atoms with E-state index >= 15 is 0 Å². The molecule has 38 nitrogen and oxygen atoms in total. The van der Waals surface area contributed by atoms with Crippen molar-refractivity contribution >= 4 is 101 Å². The first-order valence-electron chi connectivity index (χ1n) is 36.0. The minimum Gasteiger partial charge on any atom is -0.508 e. The maximum absolute atomic E-state index is 14.4. The van der Waals surface area contributed by atoms with Gasteiger partial charge in [-0.25, -0.2) is 4.79 Å². The van der Waals surface area contributed by atoms with E-state index in [1.54, 1.807) is 55.4 Å². The SMILES string of the molecule is CC(C)C[C@H](NC(=O)[C@H](C)NC(=O)[C@@H](NC(=O)[C@H](CC(C)C)NC(=O)[C@@H](N)CC(C)C)C(C)C)C(=O)N[C@@H](CC(=O)O)C(=O)N[C@@H](Cc1ccc(O)cc1)C(=O)N[C@@H](CO)C(=O)N[C@@H](CC(C)C)C(=O)N[C@@H](CCC(N)=O)C(=O)N[C@@H](CCC(=O)O)C(=O)N[C@@H](CC(C)C)C(=O)N[C@@H](CCCN=C(N)N)C(=O)O. The largest absolute Gasteiger partial charge is 0.508 e. The fraction of sp³-hybridized carbons (Fsp3) is 0.671. The lowest BCUT2D eigenvalue weighted by Gasteiger charge is -2.29. The quantitative estimate of drug-likeness (QED) is 0.0173. The van der Waals surface area contributed by atoms with Crippen molar-refractivity contribution in [3.05, 3.63) is 29.8 Å². The number of hydrogen-bond donors (Lipinski definition) is 21. The van der Waals surface area contributed by atoms with Gasteiger partial charge in [0, 0.05) is 25.8 Å². The smallest absolute Gasteiger partial charge is 0.326 e. The Balaban J connectivity index is 3.64. The fourth-order valence-electron chi connectivity index (χ4n) is 10.8. The number of rotatable bonds is 51. The molecule has 0 aliphatic carbocycles. The third-order valence-electron chi connectivity index (χ3n) is 16.4. The van der Waals surface area contributed by atoms with Gasteiger partial charge in [-0.1, -0.05) is 95.2 Å². The van der Waals surface area contributed by atoms with Crippen molar-refractivity contribution < 1.29 is 102 Å². The average molecular weight is 1530 g/mol. The number of carboxylic acid groups (broad SMARTS) is 3. The number of aromatic hydroxyl groups is 1. The Morgan fingerprint density at radius 1 is 0.389 bits per heavy atom. The van der Waals surface area contributed by atoms with Gasteiger partial charge in [-0.05, 0) is 118 Å². The maximum atomic E-state index is 14.4. The highest BCUT2D eigenvalue weighted by atomic mass is 16.4. The number of aliphatic imine (C=N–C) groups is 1. The second-order valence-corrected chi connectivity index (χ2v) is 29.2. The number of phenolic OH excluding ortho intramolecular Hbond substituents is 1. The van der Waals surface area contributed by atoms with E-state index in [1.165, 1.54) is 31.2 Å². The maximum Gasteiger partial charge on any atom is 0.326 e. The van der Waals surface area contributed by atoms with Crippen LogP contribution >= 0.6 is 0 Å². The van der Waals surface area contributed by atoms with Gasteiger partial charge < -0.3 is 112 Å². The first kappa shape index (κ1) is 95.7. The molecule has 0 spiro atoms. The molecular formula is C70H117N17O21. The van der Waals surface area contributed by atoms with Gasteiger partial charge in [0.05, 0.1) is 19.1 Å². The molecule has 0 fully saturated rings. The summed E-state index contributed by atoms with van der Waals surface area (Å²) >= 11 is 0. The van der Waals surface area contributed by atoms with Crippen LogP contribution in [0, 0.1) is 35.5 Å². The van der Waals surface area contributed by atoms with Crippen molar-refractivity contribution in [2.24, 2.45) is 63.4 Å². The lowest BCUT2D eigenvalue weighted by atomic mass is 9.98. The molecule has 0 bridgehead atoms. The number of phenols is 1. The summed E-state index contributed by atoms with van der Waals surface area (Å²) in [7, 11) is 0. The highest BCUT2D eigenvalue weighted by molar-refractivity contribution is 6.00. The summed E-state index contributed by atoms with van der Waals surface area (Å²) in [5, 5.41) is 79.6. The Hall–Kier alpha value is -10.3. The standard InChI is InChI=1S/C70H117N17O21/c1-33(2)25-42(71)58(96)81-49(29-37(9)10)66(104)87-56(38(11)12)68(106)76-39(13)57(95)80-46(26-34(3)4)63(101)85-51(31-55(93)94)65(103)84-50(30-40-16-18-41(89)19-17-40)64(102)86-52(32-88)67(105)83-47(27-35(5)6)61(99)78-43(20-22-53(72)90)59(97)77-44(21-23-54(91)92)60(98)82-48(28-36(7)8)62(100)79-45(69(107)108)15-14-24-75-70(73)74/h16-19,33-39,42-52,56,88-89H,14-15,20-32,71H2,1-13H3,(H2,72,90)(H,76,106)(H,77,97)(H,78,99)(H,79,100)(H,80,95)(H,81,96)(H,82,98)(H,83,105)(H,84,103)(H,85,101)(H,86,102)(H,87,104)(H,91,92)(H,93,94)(H,107,108)(H4,73,74,75)/t39-,42-,43-,44-,45-,46-,47-,48-,49-,50-,51-,52-,56-/m0/s1. The number of guanidine groups is 1. The number of nitrogens with one attached hydrogen (secondary N) is 12. The molecule has 0 radical (unpaired) electrons. The van der Waals surface area contributed by atoms with Crippen LogP contribution in [0.25, 0.3) is 0 Å². The molecule has 108 heavy (non-hydrogen) atoms. The van der Waals surface area contributed by atoms with Crippen molar-refractivity contribution in [2.75, 3.05) is 13.2 Å². The summed E-state index contributed by atoms with van der Waals surface area (Å²) in [6, 6.07) is -14.9. The Labute approximate surface area is 628 Å². The summed E-state index contributed by atoms with van der Waals surface area (Å²) in [4.78, 5) is 220. The molecule has 38 heteroatoms. The molecule has 0 saturated carbocycles. The van der Waals surface area contributed by atoms with Crippen LogP contribution in [0.1, 0.15) is 173 Å². The van der Waals surface area contributed by atoms with E-state index in [0.717, 1.165) is 0 Å². The number of aliphatic hydroxyl groups excluding tert-OH is 1. The Bertz CT molecular complexity index is 3250. The zero-order valence-corrected chi connectivity index (χ0v) is 63.9. The number of amides is 13. The normalized spacial score (nSPS) is 14.9. The molecule has 608 valence electrons. The van der Waals surface area contributed by atoms with Crippen molar-refractivity contribution in [1.29, 1.82) is 0 Å². The van der Waals surface area contributed by atoms with E-state index in [-0.39, 0.29) is 86.0 Å². The number of nitrogens with two attached hydrogens (primary N) is 4. The first-order valence-corrected chi connectivity index (χ1v) is 36.0. The number of carbonyl (C=O) groups excluding carboxylic acids is 13. The van der Waals surface area contributed by atoms with Crippen molar-refractivity contribution in [2.45, 2.75) is 252 Å². The molecule has 13 atom stereocenters. The number of nitrogens with zero attached hydrogens (tertiary/aromatic N) is 1. The molecule has 0 aliphatic heterocycles. The number of carbonyl (C=O) groups is 16. The molecule has 1 rings (SSSR count). The predicted molar refractivity (Wildman–Crippen MR) is 393 cm³/mol. The van der Waals surface area contributed by atoms with E-state index in [2.05, 4.69) is 68.8 Å². The summed E-state index contributed by atoms with van der Waals surface area (Å²) in [5.74, 6) is -19.8. The zero-order chi connectivity index (χ0) is 82.6. The lowest BCUT2D eigenvalue weighted by Crippen LogP contribution is -2.61. The monoisotopic (exact) mass is 1530 g/mol. The highest BCUT2D eigenvalue weighted by Crippen LogP contribution is 2.17. The molecule has 13 amide bonds. The van der Waals surface area contributed by atoms with Gasteiger partial charge in [0.15, 0.2) is 5.96 Å². The Morgan fingerprint density at radius 2 is 0.750 bits per heavy atom. The van der Waals surface area contributed by atoms with Crippen LogP contribution in [0.4, 0.5) is 0 Å². The number of hydrogen-bond acceptors (Lipinski definition) is 20. The Kier molecular flexibility index (Phi) is 42.7. The molecule has 0 saturated heterocycles. The number of carboxylic acids is 3. The lowest BCUT2D eigenvalue weighted by molar-refractivity contribution is -0.142. The van der Waals surface area contributed by atoms with Gasteiger partial charge in [-0.3, -0.25) is 76.9 Å². The number of aliphatic hydroxyl groups is 1. The fourth-order valence-corrected chi connectivity index (χ4v) is 10.8. The average Bonchev–Trinajstić information content (AvgIpc) is 0.860. The van der Waals surface area contributed by atoms with E-state index in [0.29, 0.717) is 6.42 Å². The van der Waals surface area contributed by atoms with Crippen LogP contribution < -0.4 is 86.7 Å². The predicted octanol–water partition coefficient (Wildman–Crippen LogP) is -3.28. The van der Waals surface area contributed by atoms with Crippen LogP contribution in [-0.4, -0.2) is 218 Å². The van der Waals surface area contributed by atoms with E-state index in [9.17, 15) is 102 Å². The van der Waals surface area contributed by atoms with E-state index in [1.807, 2.05) is 27.7 Å². The molecule has 1 aromatic carbocycles. The second kappa shape index (κ2) is 48.1. The highest BCUT2D eigenvalue weighted by Gasteiger charge is 2.39. The van der Waals surface area contributed by atoms with Gasteiger partial charge >= 0.3 is 17.9 Å². The van der Waals surface area contributed by atoms with Gasteiger partial charge in [0.25, 0.3) is 0 Å². The summed E-state index contributed by atoms with van der Waals surface area (Å²) in [6.45, 7) is 20.8. The summed E-state index contributed by atoms with van der Waals surface area (Å²) in [6.07, 6.45) is -3.98. The van der Waals surface area contributed by atoms with E-state index < -0.39 is 230 Å². The zero-order valence-electron chi connectivity index (χ0n) is 63.9. The van der Waals surface area contributed by atoms with Crippen LogP contribution in [0.3, 0.4) is 0 Å². The van der Waals surface area contributed by atoms with Crippen molar-refractivity contribution in [1.82, 2.24) is 63.8 Å². The van der Waals surface area contributed by atoms with Crippen LogP contribution in [0.5, 0.6) is 5.75 Å². The van der Waals surface area contributed by atoms with Gasteiger partial charge in [-0.2, -0.15) is 0 Å². The third-order valence-corrected chi connectivity index (χ3v) is 16.4. The molecule has 25 N–H and O–H groups in total. The van der Waals surface area contributed by atoms with Gasteiger partial charge in [0.1, 0.15) is 78.3 Å². The number of aliphatic carboxylic acids is 3. The topological polar surface area (TPSA) is 635 Å². The molecule has 0 heterocycles. The first-order chi connectivity index (χ1) is 50.2. The molecule has 0 aliphatic rings. The minimum atomic E-state index is -2.01. The Morgan fingerprint density at radius 3 is 1.16 bits per heavy atom. The number of benzene rings is 1. The molecule has 0 aromatic heterocycles. The van der Waals surface area contributed by atoms with Gasteiger partial charge in [0.2, 0.25) is 76.8 Å². The van der Waals surface area contributed by atoms with Crippen LogP contribution in [0.2, 0.25) is 0 Å². The minimum absolute atomic E-state index is 0.0268. The van der Waals surface area contributed by atoms with Gasteiger partial charge in [-0.15, -0.1) is 0 Å². The molecule has 0 unspecified atom stereocenters. The van der Waals surface area contributed by atoms with Crippen molar-refractivity contribution in [3.63, 3.8) is 0 Å². The molecular weight excluding hydrogens is 1410 g/mol. The summed E-state index contributed by atoms with van der Waals surface area (Å²) in [5.41, 5.74) is 22.5. The molecule has 1 aromatic rings. The van der Waals surface area contributed by atoms with E-state index in [4.69, 9.17) is 22.9 Å². The van der Waals surface area contributed by atoms with Crippen molar-refractivity contribution in [3.8, 4) is 5.75 Å². The second-order valence-electron chi connectivity index (χ2n) is 29.2. The van der Waals surface area contributed by atoms with Crippen LogP contribution in [-0.2, 0) is 83.1 Å². The number of primary amides is 1. The van der Waals surface area contributed by atoms with Crippen LogP contribution in [0.15, 0.2) is 29.3 Å².